The second-order valence-corrected chi connectivity index (χ2v) is 5.40. The van der Waals surface area contributed by atoms with Crippen LogP contribution in [0.2, 0.25) is 0 Å². The van der Waals surface area contributed by atoms with Crippen molar-refractivity contribution in [3.8, 4) is 0 Å². The summed E-state index contributed by atoms with van der Waals surface area (Å²) >= 11 is 0. The Bertz CT molecular complexity index is 699. The highest BCUT2D eigenvalue weighted by Gasteiger charge is 2.29. The first-order valence-corrected chi connectivity index (χ1v) is 6.98. The van der Waals surface area contributed by atoms with E-state index in [2.05, 4.69) is 12.1 Å². The van der Waals surface area contributed by atoms with Crippen molar-refractivity contribution in [2.75, 3.05) is 12.8 Å². The van der Waals surface area contributed by atoms with Crippen LogP contribution in [0.15, 0.2) is 42.5 Å². The smallest absolute Gasteiger partial charge is 0.256 e. The van der Waals surface area contributed by atoms with Crippen LogP contribution < -0.4 is 5.73 Å². The van der Waals surface area contributed by atoms with Gasteiger partial charge in [-0.1, -0.05) is 24.3 Å². The van der Waals surface area contributed by atoms with Crippen molar-refractivity contribution in [1.29, 1.82) is 0 Å². The number of carbonyl (C=O) groups is 1. The Balaban J connectivity index is 1.89. The maximum Gasteiger partial charge on any atom is 0.256 e. The van der Waals surface area contributed by atoms with Gasteiger partial charge in [0, 0.05) is 12.7 Å². The van der Waals surface area contributed by atoms with E-state index in [0.717, 1.165) is 12.8 Å². The molecule has 4 heteroatoms. The number of nitrogen functional groups attached to an aromatic ring is 1. The molecule has 0 bridgehead atoms. The summed E-state index contributed by atoms with van der Waals surface area (Å²) in [4.78, 5) is 14.3. The van der Waals surface area contributed by atoms with Gasteiger partial charge in [-0.2, -0.15) is 0 Å². The molecule has 3 rings (SSSR count). The number of amides is 1. The largest absolute Gasteiger partial charge is 0.398 e. The minimum absolute atomic E-state index is 0.0538. The normalized spacial score (nSPS) is 16.6. The molecule has 2 N–H and O–H groups in total. The van der Waals surface area contributed by atoms with Crippen LogP contribution in [0.3, 0.4) is 0 Å². The lowest BCUT2D eigenvalue weighted by Gasteiger charge is -2.26. The molecule has 2 aromatic carbocycles. The van der Waals surface area contributed by atoms with Crippen molar-refractivity contribution in [2.24, 2.45) is 0 Å². The topological polar surface area (TPSA) is 46.3 Å². The molecule has 0 saturated carbocycles. The molecule has 2 aromatic rings. The number of anilines is 1. The van der Waals surface area contributed by atoms with Gasteiger partial charge in [0.05, 0.1) is 11.6 Å². The Kier molecular flexibility index (Phi) is 3.37. The summed E-state index contributed by atoms with van der Waals surface area (Å²) < 4.78 is 13.1. The lowest BCUT2D eigenvalue weighted by Crippen LogP contribution is -2.30. The molecule has 1 amide bonds. The van der Waals surface area contributed by atoms with Crippen molar-refractivity contribution in [1.82, 2.24) is 4.90 Å². The summed E-state index contributed by atoms with van der Waals surface area (Å²) in [5.41, 5.74) is 8.77. The second kappa shape index (κ2) is 5.20. The molecule has 1 unspecified atom stereocenters. The number of fused-ring (bicyclic) bond motifs is 1. The van der Waals surface area contributed by atoms with Gasteiger partial charge in [-0.05, 0) is 42.2 Å². The van der Waals surface area contributed by atoms with E-state index < -0.39 is 5.82 Å². The monoisotopic (exact) mass is 284 g/mol. The van der Waals surface area contributed by atoms with Gasteiger partial charge >= 0.3 is 0 Å². The highest BCUT2D eigenvalue weighted by Crippen LogP contribution is 2.35. The summed E-state index contributed by atoms with van der Waals surface area (Å²) in [6.07, 6.45) is 1.88. The lowest BCUT2D eigenvalue weighted by molar-refractivity contribution is 0.0731. The number of nitrogens with zero attached hydrogens (tertiary/aromatic N) is 1. The van der Waals surface area contributed by atoms with Crippen molar-refractivity contribution in [3.63, 3.8) is 0 Å². The van der Waals surface area contributed by atoms with Gasteiger partial charge in [0.25, 0.3) is 5.91 Å². The number of rotatable bonds is 2. The standard InChI is InChI=1S/C17H17FN2O/c1-20(16-9-6-11-4-2-3-5-13(11)16)17(21)14-8-7-12(18)10-15(14)19/h2-5,7-8,10,16H,6,9,19H2,1H3. The molecule has 0 aromatic heterocycles. The quantitative estimate of drug-likeness (QED) is 0.861. The van der Waals surface area contributed by atoms with Crippen LogP contribution >= 0.6 is 0 Å². The van der Waals surface area contributed by atoms with Gasteiger partial charge in [-0.3, -0.25) is 4.79 Å². The SMILES string of the molecule is CN(C(=O)c1ccc(F)cc1N)C1CCc2ccccc21. The van der Waals surface area contributed by atoms with E-state index in [0.29, 0.717) is 5.56 Å². The van der Waals surface area contributed by atoms with Crippen molar-refractivity contribution in [3.05, 3.63) is 65.0 Å². The van der Waals surface area contributed by atoms with Gasteiger partial charge in [0.2, 0.25) is 0 Å². The van der Waals surface area contributed by atoms with Crippen LogP contribution in [-0.2, 0) is 6.42 Å². The van der Waals surface area contributed by atoms with E-state index in [1.165, 1.54) is 29.3 Å². The fraction of sp³-hybridized carbons (Fsp3) is 0.235. The molecular formula is C17H17FN2O. The Morgan fingerprint density at radius 3 is 2.81 bits per heavy atom. The predicted octanol–water partition coefficient (Wildman–Crippen LogP) is 3.17. The van der Waals surface area contributed by atoms with Gasteiger partial charge in [0.15, 0.2) is 0 Å². The summed E-state index contributed by atoms with van der Waals surface area (Å²) in [5, 5.41) is 0. The number of hydrogen-bond acceptors (Lipinski definition) is 2. The van der Waals surface area contributed by atoms with Gasteiger partial charge in [-0.15, -0.1) is 0 Å². The molecule has 21 heavy (non-hydrogen) atoms. The molecule has 0 heterocycles. The van der Waals surface area contributed by atoms with Crippen LogP contribution in [0, 0.1) is 5.82 Å². The zero-order valence-electron chi connectivity index (χ0n) is 11.8. The maximum absolute atomic E-state index is 13.1. The lowest BCUT2D eigenvalue weighted by atomic mass is 10.1. The number of halogens is 1. The van der Waals surface area contributed by atoms with E-state index in [1.807, 2.05) is 12.1 Å². The van der Waals surface area contributed by atoms with Gasteiger partial charge in [-0.25, -0.2) is 4.39 Å². The van der Waals surface area contributed by atoms with E-state index in [1.54, 1.807) is 11.9 Å². The van der Waals surface area contributed by atoms with Crippen LogP contribution in [0.1, 0.15) is 33.9 Å². The summed E-state index contributed by atoms with van der Waals surface area (Å²) in [7, 11) is 1.78. The highest BCUT2D eigenvalue weighted by atomic mass is 19.1. The Morgan fingerprint density at radius 2 is 2.05 bits per heavy atom. The van der Waals surface area contributed by atoms with E-state index in [4.69, 9.17) is 5.73 Å². The maximum atomic E-state index is 13.1. The van der Waals surface area contributed by atoms with Crippen molar-refractivity contribution >= 4 is 11.6 Å². The molecule has 1 atom stereocenters. The van der Waals surface area contributed by atoms with Gasteiger partial charge in [0.1, 0.15) is 5.82 Å². The molecule has 0 aliphatic heterocycles. The number of hydrogen-bond donors (Lipinski definition) is 1. The summed E-state index contributed by atoms with van der Waals surface area (Å²) in [6.45, 7) is 0. The number of benzene rings is 2. The van der Waals surface area contributed by atoms with Crippen LogP contribution in [-0.4, -0.2) is 17.9 Å². The van der Waals surface area contributed by atoms with Crippen molar-refractivity contribution < 1.29 is 9.18 Å². The summed E-state index contributed by atoms with van der Waals surface area (Å²) in [6, 6.07) is 12.1. The first kappa shape index (κ1) is 13.6. The molecule has 108 valence electrons. The van der Waals surface area contributed by atoms with Gasteiger partial charge < -0.3 is 10.6 Å². The number of carbonyl (C=O) groups excluding carboxylic acids is 1. The minimum Gasteiger partial charge on any atom is -0.398 e. The zero-order chi connectivity index (χ0) is 15.0. The van der Waals surface area contributed by atoms with E-state index in [9.17, 15) is 9.18 Å². The zero-order valence-corrected chi connectivity index (χ0v) is 11.8. The fourth-order valence-corrected chi connectivity index (χ4v) is 3.00. The minimum atomic E-state index is -0.432. The van der Waals surface area contributed by atoms with Crippen LogP contribution in [0.5, 0.6) is 0 Å². The molecule has 0 spiro atoms. The third-order valence-corrected chi connectivity index (χ3v) is 4.13. The third kappa shape index (κ3) is 2.37. The second-order valence-electron chi connectivity index (χ2n) is 5.40. The Labute approximate surface area is 123 Å². The van der Waals surface area contributed by atoms with Crippen molar-refractivity contribution in [2.45, 2.75) is 18.9 Å². The molecule has 0 radical (unpaired) electrons. The average Bonchev–Trinajstić information content (AvgIpc) is 2.90. The number of aryl methyl sites for hydroxylation is 1. The first-order valence-electron chi connectivity index (χ1n) is 6.98. The molecule has 1 aliphatic rings. The fourth-order valence-electron chi connectivity index (χ4n) is 3.00. The highest BCUT2D eigenvalue weighted by molar-refractivity contribution is 5.99. The van der Waals surface area contributed by atoms with E-state index in [-0.39, 0.29) is 17.6 Å². The summed E-state index contributed by atoms with van der Waals surface area (Å²) in [5.74, 6) is -0.605. The predicted molar refractivity (Wildman–Crippen MR) is 80.4 cm³/mol. The van der Waals surface area contributed by atoms with Crippen LogP contribution in [0.25, 0.3) is 0 Å². The number of nitrogens with two attached hydrogens (primary N) is 1. The van der Waals surface area contributed by atoms with Crippen LogP contribution in [0.4, 0.5) is 10.1 Å². The molecule has 1 aliphatic carbocycles. The molecule has 3 nitrogen and oxygen atoms in total. The molecular weight excluding hydrogens is 267 g/mol. The molecule has 0 fully saturated rings. The Morgan fingerprint density at radius 1 is 1.29 bits per heavy atom. The molecule has 0 saturated heterocycles. The average molecular weight is 284 g/mol. The third-order valence-electron chi connectivity index (χ3n) is 4.13. The first-order chi connectivity index (χ1) is 10.1. The Hall–Kier alpha value is -2.36. The van der Waals surface area contributed by atoms with E-state index >= 15 is 0 Å².